The minimum Gasteiger partial charge on any atom is -0.342 e. The molecule has 0 aliphatic rings. The summed E-state index contributed by atoms with van der Waals surface area (Å²) in [5, 5.41) is 17.4. The molecule has 134 valence electrons. The van der Waals surface area contributed by atoms with E-state index >= 15 is 0 Å². The number of para-hydroxylation sites is 1. The number of carbonyl (C=O) groups excluding carboxylic acids is 2. The molecule has 1 aromatic heterocycles. The summed E-state index contributed by atoms with van der Waals surface area (Å²) in [4.78, 5) is 24.1. The van der Waals surface area contributed by atoms with Gasteiger partial charge in [0.2, 0.25) is 15.9 Å². The number of fused-ring (bicyclic) bond motifs is 1. The van der Waals surface area contributed by atoms with E-state index in [1.54, 1.807) is 18.2 Å². The Morgan fingerprint density at radius 2 is 1.77 bits per heavy atom. The van der Waals surface area contributed by atoms with Crippen LogP contribution in [0.5, 0.6) is 0 Å². The van der Waals surface area contributed by atoms with E-state index in [0.29, 0.717) is 11.1 Å². The Morgan fingerprint density at radius 3 is 2.46 bits per heavy atom. The maximum atomic E-state index is 12.2. The lowest BCUT2D eigenvalue weighted by Gasteiger charge is -2.07. The molecule has 26 heavy (non-hydrogen) atoms. The third-order valence-corrected chi connectivity index (χ3v) is 4.49. The smallest absolute Gasteiger partial charge is 0.272 e. The summed E-state index contributed by atoms with van der Waals surface area (Å²) < 4.78 is 22.4. The zero-order valence-electron chi connectivity index (χ0n) is 13.4. The van der Waals surface area contributed by atoms with Gasteiger partial charge in [0.25, 0.3) is 5.91 Å². The lowest BCUT2D eigenvalue weighted by Crippen LogP contribution is -2.33. The molecule has 0 bridgehead atoms. The highest BCUT2D eigenvalue weighted by Crippen LogP contribution is 2.15. The normalized spacial score (nSPS) is 11.3. The molecule has 5 N–H and O–H groups in total. The number of H-pyrrole nitrogens is 1. The van der Waals surface area contributed by atoms with E-state index in [1.807, 2.05) is 6.07 Å². The van der Waals surface area contributed by atoms with Crippen molar-refractivity contribution >= 4 is 38.4 Å². The summed E-state index contributed by atoms with van der Waals surface area (Å²) in [5.74, 6) is -0.955. The van der Waals surface area contributed by atoms with Gasteiger partial charge in [0.15, 0.2) is 5.69 Å². The van der Waals surface area contributed by atoms with Gasteiger partial charge in [0.1, 0.15) is 0 Å². The lowest BCUT2D eigenvalue weighted by molar-refractivity contribution is -0.115. The number of benzene rings is 2. The summed E-state index contributed by atoms with van der Waals surface area (Å²) in [7, 11) is -3.79. The second-order valence-corrected chi connectivity index (χ2v) is 6.98. The first-order chi connectivity index (χ1) is 12.3. The molecule has 0 unspecified atom stereocenters. The van der Waals surface area contributed by atoms with Crippen molar-refractivity contribution in [3.05, 3.63) is 54.2 Å². The number of hydrogen-bond donors (Lipinski definition) is 4. The number of aromatic amines is 1. The summed E-state index contributed by atoms with van der Waals surface area (Å²) in [6.07, 6.45) is 0. The van der Waals surface area contributed by atoms with Gasteiger partial charge in [-0.15, -0.1) is 0 Å². The molecule has 0 fully saturated rings. The summed E-state index contributed by atoms with van der Waals surface area (Å²) in [6, 6.07) is 12.5. The molecule has 9 nitrogen and oxygen atoms in total. The number of hydrogen-bond acceptors (Lipinski definition) is 5. The Bertz CT molecular complexity index is 1070. The van der Waals surface area contributed by atoms with Crippen LogP contribution in [0.1, 0.15) is 10.5 Å². The highest BCUT2D eigenvalue weighted by atomic mass is 32.2. The van der Waals surface area contributed by atoms with Crippen molar-refractivity contribution in [1.82, 2.24) is 15.5 Å². The quantitative estimate of drug-likeness (QED) is 0.516. The summed E-state index contributed by atoms with van der Waals surface area (Å²) in [5.41, 5.74) is 1.30. The third kappa shape index (κ3) is 3.87. The van der Waals surface area contributed by atoms with E-state index in [9.17, 15) is 18.0 Å². The molecule has 2 amide bonds. The Hall–Kier alpha value is -3.24. The van der Waals surface area contributed by atoms with Crippen LogP contribution in [0.25, 0.3) is 10.9 Å². The first-order valence-corrected chi connectivity index (χ1v) is 9.03. The maximum Gasteiger partial charge on any atom is 0.272 e. The highest BCUT2D eigenvalue weighted by Gasteiger charge is 2.15. The van der Waals surface area contributed by atoms with Gasteiger partial charge in [0, 0.05) is 11.1 Å². The average molecular weight is 373 g/mol. The molecule has 0 aliphatic carbocycles. The largest absolute Gasteiger partial charge is 0.342 e. The summed E-state index contributed by atoms with van der Waals surface area (Å²) in [6.45, 7) is -0.267. The standard InChI is InChI=1S/C16H15N5O4S/c17-26(24,25)11-7-5-10(6-8-11)19-14(22)9-18-16(23)15-12-3-1-2-4-13(12)20-21-15/h1-8H,9H2,(H,18,23)(H,19,22)(H,20,21)(H2,17,24,25). The fraction of sp³-hybridized carbons (Fsp3) is 0.0625. The molecule has 3 aromatic rings. The Balaban J connectivity index is 1.59. The number of rotatable bonds is 5. The van der Waals surface area contributed by atoms with Crippen LogP contribution in [0.15, 0.2) is 53.4 Å². The minimum atomic E-state index is -3.79. The number of amides is 2. The number of anilines is 1. The van der Waals surface area contributed by atoms with Crippen molar-refractivity contribution in [2.24, 2.45) is 5.14 Å². The lowest BCUT2D eigenvalue weighted by atomic mass is 10.2. The van der Waals surface area contributed by atoms with E-state index < -0.39 is 21.8 Å². The SMILES string of the molecule is NS(=O)(=O)c1ccc(NC(=O)CNC(=O)c2n[nH]c3ccccc23)cc1. The van der Waals surface area contributed by atoms with Crippen molar-refractivity contribution in [2.45, 2.75) is 4.90 Å². The van der Waals surface area contributed by atoms with Crippen LogP contribution in [-0.2, 0) is 14.8 Å². The third-order valence-electron chi connectivity index (χ3n) is 3.56. The van der Waals surface area contributed by atoms with Gasteiger partial charge < -0.3 is 10.6 Å². The number of nitrogens with two attached hydrogens (primary N) is 1. The number of aromatic nitrogens is 2. The zero-order chi connectivity index (χ0) is 18.7. The van der Waals surface area contributed by atoms with Crippen LogP contribution in [0.4, 0.5) is 5.69 Å². The molecule has 0 saturated carbocycles. The predicted octanol–water partition coefficient (Wildman–Crippen LogP) is 0.579. The monoisotopic (exact) mass is 373 g/mol. The van der Waals surface area contributed by atoms with E-state index in [1.165, 1.54) is 24.3 Å². The molecule has 0 aliphatic heterocycles. The second-order valence-electron chi connectivity index (χ2n) is 5.42. The van der Waals surface area contributed by atoms with E-state index in [0.717, 1.165) is 5.52 Å². The molecular formula is C16H15N5O4S. The molecule has 0 atom stereocenters. The molecule has 2 aromatic carbocycles. The molecule has 0 saturated heterocycles. The number of carbonyl (C=O) groups is 2. The van der Waals surface area contributed by atoms with Crippen molar-refractivity contribution < 1.29 is 18.0 Å². The molecule has 1 heterocycles. The fourth-order valence-corrected chi connectivity index (χ4v) is 2.83. The van der Waals surface area contributed by atoms with Gasteiger partial charge in [0.05, 0.1) is 17.0 Å². The molecule has 0 spiro atoms. The molecule has 3 rings (SSSR count). The number of sulfonamides is 1. The van der Waals surface area contributed by atoms with Crippen LogP contribution < -0.4 is 15.8 Å². The van der Waals surface area contributed by atoms with Crippen LogP contribution in [0.3, 0.4) is 0 Å². The van der Waals surface area contributed by atoms with Gasteiger partial charge >= 0.3 is 0 Å². The van der Waals surface area contributed by atoms with Crippen molar-refractivity contribution in [3.63, 3.8) is 0 Å². The van der Waals surface area contributed by atoms with Crippen LogP contribution in [-0.4, -0.2) is 37.0 Å². The Kier molecular flexibility index (Phi) is 4.69. The van der Waals surface area contributed by atoms with E-state index in [4.69, 9.17) is 5.14 Å². The van der Waals surface area contributed by atoms with Crippen molar-refractivity contribution in [3.8, 4) is 0 Å². The maximum absolute atomic E-state index is 12.2. The van der Waals surface area contributed by atoms with Crippen LogP contribution >= 0.6 is 0 Å². The molecule has 0 radical (unpaired) electrons. The number of nitrogens with zero attached hydrogens (tertiary/aromatic N) is 1. The van der Waals surface area contributed by atoms with Crippen LogP contribution in [0, 0.1) is 0 Å². The molecule has 10 heteroatoms. The predicted molar refractivity (Wildman–Crippen MR) is 94.9 cm³/mol. The minimum absolute atomic E-state index is 0.0609. The van der Waals surface area contributed by atoms with Gasteiger partial charge in [-0.25, -0.2) is 13.6 Å². The van der Waals surface area contributed by atoms with Gasteiger partial charge in [-0.2, -0.15) is 5.10 Å². The van der Waals surface area contributed by atoms with Gasteiger partial charge in [-0.3, -0.25) is 14.7 Å². The van der Waals surface area contributed by atoms with Crippen molar-refractivity contribution in [2.75, 3.05) is 11.9 Å². The first kappa shape index (κ1) is 17.6. The second kappa shape index (κ2) is 6.94. The Labute approximate surface area is 148 Å². The van der Waals surface area contributed by atoms with Crippen molar-refractivity contribution in [1.29, 1.82) is 0 Å². The average Bonchev–Trinajstić information content (AvgIpc) is 3.03. The first-order valence-electron chi connectivity index (χ1n) is 7.48. The fourth-order valence-electron chi connectivity index (χ4n) is 2.31. The van der Waals surface area contributed by atoms with E-state index in [2.05, 4.69) is 20.8 Å². The number of nitrogens with one attached hydrogen (secondary N) is 3. The Morgan fingerprint density at radius 1 is 1.08 bits per heavy atom. The van der Waals surface area contributed by atoms with Gasteiger partial charge in [-0.1, -0.05) is 18.2 Å². The van der Waals surface area contributed by atoms with E-state index in [-0.39, 0.29) is 17.1 Å². The van der Waals surface area contributed by atoms with Crippen LogP contribution in [0.2, 0.25) is 0 Å². The van der Waals surface area contributed by atoms with Gasteiger partial charge in [-0.05, 0) is 30.3 Å². The highest BCUT2D eigenvalue weighted by molar-refractivity contribution is 7.89. The topological polar surface area (TPSA) is 147 Å². The number of primary sulfonamides is 1. The molecular weight excluding hydrogens is 358 g/mol. The summed E-state index contributed by atoms with van der Waals surface area (Å²) >= 11 is 0. The zero-order valence-corrected chi connectivity index (χ0v) is 14.2.